The fourth-order valence-corrected chi connectivity index (χ4v) is 3.50. The summed E-state index contributed by atoms with van der Waals surface area (Å²) in [7, 11) is 0. The average molecular weight is 384 g/mol. The molecule has 8 heteroatoms. The molecule has 0 amide bonds. The number of anilines is 1. The van der Waals surface area contributed by atoms with E-state index in [4.69, 9.17) is 4.74 Å². The highest BCUT2D eigenvalue weighted by molar-refractivity contribution is 5.94. The highest BCUT2D eigenvalue weighted by atomic mass is 19.1. The summed E-state index contributed by atoms with van der Waals surface area (Å²) in [6.07, 6.45) is 4.22. The molecule has 2 N–H and O–H groups in total. The lowest BCUT2D eigenvalue weighted by molar-refractivity contribution is 0.0698. The first-order chi connectivity index (χ1) is 13.3. The molecule has 1 aliphatic heterocycles. The van der Waals surface area contributed by atoms with Gasteiger partial charge in [0, 0.05) is 23.7 Å². The molecule has 0 fully saturated rings. The van der Waals surface area contributed by atoms with Gasteiger partial charge in [-0.15, -0.1) is 0 Å². The lowest BCUT2D eigenvalue weighted by Gasteiger charge is -2.23. The van der Waals surface area contributed by atoms with Crippen LogP contribution in [0.25, 0.3) is 5.65 Å². The molecule has 3 aromatic rings. The number of carbonyl (C=O) groups is 1. The third-order valence-corrected chi connectivity index (χ3v) is 5.31. The second-order valence-electron chi connectivity index (χ2n) is 7.34. The van der Waals surface area contributed by atoms with Crippen molar-refractivity contribution in [2.24, 2.45) is 0 Å². The van der Waals surface area contributed by atoms with Crippen molar-refractivity contribution in [2.45, 2.75) is 45.3 Å². The molecule has 1 aromatic carbocycles. The van der Waals surface area contributed by atoms with Crippen LogP contribution in [0.4, 0.5) is 10.2 Å². The number of fused-ring (bicyclic) bond motifs is 2. The minimum Gasteiger partial charge on any atom is -0.486 e. The largest absolute Gasteiger partial charge is 0.486 e. The number of nitrogens with one attached hydrogen (secondary N) is 1. The number of carboxylic acid groups (broad SMARTS) is 1. The van der Waals surface area contributed by atoms with Gasteiger partial charge in [-0.2, -0.15) is 5.10 Å². The van der Waals surface area contributed by atoms with Crippen molar-refractivity contribution in [3.05, 3.63) is 53.1 Å². The standard InChI is InChI=1S/C20H21FN4O3/c1-4-20(3)9-13-15(21)6-5-12(17(13)28-20)11(2)23-16-7-8-25-18(24-16)14(10-22-25)19(26)27/h5-8,10-11H,4,9H2,1-3H3,(H,23,24)(H,26,27)/t11-,20?/m1/s1. The molecular formula is C20H21FN4O3. The number of rotatable bonds is 5. The SMILES string of the molecule is CCC1(C)Cc2c(F)ccc([C@@H](C)Nc3ccn4ncc(C(=O)O)c4n3)c2O1. The monoisotopic (exact) mass is 384 g/mol. The number of benzene rings is 1. The number of ether oxygens (including phenoxy) is 1. The summed E-state index contributed by atoms with van der Waals surface area (Å²) in [5, 5.41) is 16.5. The Labute approximate surface area is 161 Å². The normalized spacial score (nSPS) is 19.3. The van der Waals surface area contributed by atoms with Gasteiger partial charge >= 0.3 is 5.97 Å². The van der Waals surface area contributed by atoms with E-state index in [0.29, 0.717) is 23.6 Å². The number of halogens is 1. The van der Waals surface area contributed by atoms with Gasteiger partial charge in [-0.25, -0.2) is 18.7 Å². The fourth-order valence-electron chi connectivity index (χ4n) is 3.50. The van der Waals surface area contributed by atoms with Crippen LogP contribution >= 0.6 is 0 Å². The summed E-state index contributed by atoms with van der Waals surface area (Å²) in [6, 6.07) is 4.67. The number of aromatic nitrogens is 3. The molecule has 1 aliphatic rings. The highest BCUT2D eigenvalue weighted by Crippen LogP contribution is 2.43. The molecule has 0 aliphatic carbocycles. The van der Waals surface area contributed by atoms with Gasteiger partial charge in [-0.05, 0) is 32.4 Å². The third-order valence-electron chi connectivity index (χ3n) is 5.31. The zero-order chi connectivity index (χ0) is 20.1. The van der Waals surface area contributed by atoms with E-state index in [1.807, 2.05) is 20.8 Å². The topological polar surface area (TPSA) is 88.8 Å². The van der Waals surface area contributed by atoms with Crippen molar-refractivity contribution in [1.82, 2.24) is 14.6 Å². The molecule has 4 rings (SSSR count). The van der Waals surface area contributed by atoms with Crippen LogP contribution in [0.15, 0.2) is 30.6 Å². The van der Waals surface area contributed by atoms with E-state index in [1.54, 1.807) is 18.3 Å². The molecule has 0 radical (unpaired) electrons. The number of aromatic carboxylic acids is 1. The van der Waals surface area contributed by atoms with Gasteiger partial charge in [0.05, 0.1) is 12.2 Å². The van der Waals surface area contributed by atoms with Crippen LogP contribution in [-0.2, 0) is 6.42 Å². The fraction of sp³-hybridized carbons (Fsp3) is 0.350. The highest BCUT2D eigenvalue weighted by Gasteiger charge is 2.37. The second kappa shape index (κ2) is 6.47. The van der Waals surface area contributed by atoms with E-state index in [0.717, 1.165) is 12.0 Å². The third kappa shape index (κ3) is 2.94. The predicted octanol–water partition coefficient (Wildman–Crippen LogP) is 3.84. The van der Waals surface area contributed by atoms with E-state index in [9.17, 15) is 14.3 Å². The van der Waals surface area contributed by atoms with Gasteiger partial charge in [0.2, 0.25) is 0 Å². The number of hydrogen-bond donors (Lipinski definition) is 2. The Morgan fingerprint density at radius 2 is 2.25 bits per heavy atom. The molecule has 2 atom stereocenters. The van der Waals surface area contributed by atoms with Crippen LogP contribution in [0.1, 0.15) is 54.7 Å². The predicted molar refractivity (Wildman–Crippen MR) is 101 cm³/mol. The van der Waals surface area contributed by atoms with E-state index in [2.05, 4.69) is 15.4 Å². The first kappa shape index (κ1) is 18.2. The second-order valence-corrected chi connectivity index (χ2v) is 7.34. The van der Waals surface area contributed by atoms with E-state index in [1.165, 1.54) is 16.8 Å². The summed E-state index contributed by atoms with van der Waals surface area (Å²) in [4.78, 5) is 15.7. The Morgan fingerprint density at radius 1 is 1.46 bits per heavy atom. The summed E-state index contributed by atoms with van der Waals surface area (Å²) in [5.41, 5.74) is 1.30. The molecule has 1 unspecified atom stereocenters. The summed E-state index contributed by atoms with van der Waals surface area (Å²) in [6.45, 7) is 5.94. The van der Waals surface area contributed by atoms with Crippen LogP contribution in [-0.4, -0.2) is 31.3 Å². The Morgan fingerprint density at radius 3 is 2.96 bits per heavy atom. The molecule has 0 saturated heterocycles. The van der Waals surface area contributed by atoms with Gasteiger partial charge in [-0.3, -0.25) is 0 Å². The van der Waals surface area contributed by atoms with Crippen LogP contribution in [0.5, 0.6) is 5.75 Å². The van der Waals surface area contributed by atoms with E-state index < -0.39 is 11.6 Å². The number of nitrogens with zero attached hydrogens (tertiary/aromatic N) is 3. The van der Waals surface area contributed by atoms with Crippen LogP contribution < -0.4 is 10.1 Å². The van der Waals surface area contributed by atoms with Crippen molar-refractivity contribution >= 4 is 17.4 Å². The molecule has 146 valence electrons. The Bertz CT molecular complexity index is 1080. The van der Waals surface area contributed by atoms with Gasteiger partial charge in [0.25, 0.3) is 0 Å². The molecule has 7 nitrogen and oxygen atoms in total. The molecule has 2 aromatic heterocycles. The minimum absolute atomic E-state index is 0.0287. The van der Waals surface area contributed by atoms with E-state index >= 15 is 0 Å². The van der Waals surface area contributed by atoms with Crippen molar-refractivity contribution in [3.63, 3.8) is 0 Å². The maximum atomic E-state index is 14.3. The van der Waals surface area contributed by atoms with Crippen LogP contribution in [0, 0.1) is 5.82 Å². The number of hydrogen-bond acceptors (Lipinski definition) is 5. The van der Waals surface area contributed by atoms with Crippen molar-refractivity contribution in [2.75, 3.05) is 5.32 Å². The van der Waals surface area contributed by atoms with Gasteiger partial charge in [-0.1, -0.05) is 13.0 Å². The van der Waals surface area contributed by atoms with Crippen LogP contribution in [0.2, 0.25) is 0 Å². The van der Waals surface area contributed by atoms with Gasteiger partial charge < -0.3 is 15.2 Å². The first-order valence-electron chi connectivity index (χ1n) is 9.16. The summed E-state index contributed by atoms with van der Waals surface area (Å²) in [5.74, 6) is -0.261. The van der Waals surface area contributed by atoms with Gasteiger partial charge in [0.15, 0.2) is 5.65 Å². The molecule has 28 heavy (non-hydrogen) atoms. The minimum atomic E-state index is -1.09. The summed E-state index contributed by atoms with van der Waals surface area (Å²) >= 11 is 0. The Hall–Kier alpha value is -3.16. The molecule has 0 saturated carbocycles. The molecule has 0 bridgehead atoms. The smallest absolute Gasteiger partial charge is 0.341 e. The molecular weight excluding hydrogens is 363 g/mol. The summed E-state index contributed by atoms with van der Waals surface area (Å²) < 4.78 is 21.9. The zero-order valence-corrected chi connectivity index (χ0v) is 15.9. The molecule has 3 heterocycles. The lowest BCUT2D eigenvalue weighted by Crippen LogP contribution is -2.29. The quantitative estimate of drug-likeness (QED) is 0.695. The van der Waals surface area contributed by atoms with Crippen LogP contribution in [0.3, 0.4) is 0 Å². The van der Waals surface area contributed by atoms with Crippen molar-refractivity contribution in [3.8, 4) is 5.75 Å². The lowest BCUT2D eigenvalue weighted by atomic mass is 9.95. The van der Waals surface area contributed by atoms with Crippen molar-refractivity contribution in [1.29, 1.82) is 0 Å². The van der Waals surface area contributed by atoms with E-state index in [-0.39, 0.29) is 23.1 Å². The number of carboxylic acids is 1. The maximum absolute atomic E-state index is 14.3. The zero-order valence-electron chi connectivity index (χ0n) is 15.9. The average Bonchev–Trinajstić information content (AvgIpc) is 3.23. The van der Waals surface area contributed by atoms with Gasteiger partial charge in [0.1, 0.15) is 28.5 Å². The molecule has 0 spiro atoms. The Kier molecular flexibility index (Phi) is 4.21. The Balaban J connectivity index is 1.66. The maximum Gasteiger partial charge on any atom is 0.341 e. The van der Waals surface area contributed by atoms with Crippen molar-refractivity contribution < 1.29 is 19.0 Å². The first-order valence-corrected chi connectivity index (χ1v) is 9.16.